The third-order valence-electron chi connectivity index (χ3n) is 3.76. The van der Waals surface area contributed by atoms with Crippen LogP contribution in [-0.2, 0) is 12.8 Å². The van der Waals surface area contributed by atoms with Crippen molar-refractivity contribution in [2.75, 3.05) is 0 Å². The highest BCUT2D eigenvalue weighted by molar-refractivity contribution is 5.92. The summed E-state index contributed by atoms with van der Waals surface area (Å²) in [6.07, 6.45) is 3.27. The minimum Gasteiger partial charge on any atom is -0.364 e. The summed E-state index contributed by atoms with van der Waals surface area (Å²) in [5.74, 6) is 0.331. The summed E-state index contributed by atoms with van der Waals surface area (Å²) < 4.78 is 0. The highest BCUT2D eigenvalue weighted by Gasteiger charge is 2.53. The number of hydrogen-bond acceptors (Lipinski definition) is 2. The summed E-state index contributed by atoms with van der Waals surface area (Å²) in [7, 11) is 0. The van der Waals surface area contributed by atoms with Gasteiger partial charge in [0.15, 0.2) is 5.69 Å². The Balaban J connectivity index is 2.05. The molecule has 14 heavy (non-hydrogen) atoms. The average molecular weight is 191 g/mol. The van der Waals surface area contributed by atoms with Crippen molar-refractivity contribution in [2.24, 2.45) is 17.1 Å². The van der Waals surface area contributed by atoms with E-state index < -0.39 is 5.91 Å². The number of carbonyl (C=O) groups is 1. The monoisotopic (exact) mass is 191 g/mol. The lowest BCUT2D eigenvalue weighted by molar-refractivity contribution is 0.0994. The number of amides is 1. The molecule has 3 rings (SSSR count). The molecule has 2 unspecified atom stereocenters. The second-order valence-electron chi connectivity index (χ2n) is 4.83. The van der Waals surface area contributed by atoms with Crippen LogP contribution >= 0.6 is 0 Å². The molecule has 1 fully saturated rings. The van der Waals surface area contributed by atoms with Crippen molar-refractivity contribution < 1.29 is 4.79 Å². The summed E-state index contributed by atoms with van der Waals surface area (Å²) in [6.45, 7) is 2.30. The van der Waals surface area contributed by atoms with Crippen molar-refractivity contribution in [3.8, 4) is 0 Å². The van der Waals surface area contributed by atoms with Crippen molar-refractivity contribution in [1.29, 1.82) is 0 Å². The molecule has 0 aliphatic heterocycles. The Hall–Kier alpha value is -1.32. The maximum Gasteiger partial charge on any atom is 0.269 e. The number of nitrogens with zero attached hydrogens (tertiary/aromatic N) is 1. The second kappa shape index (κ2) is 2.19. The topological polar surface area (TPSA) is 71.8 Å². The van der Waals surface area contributed by atoms with Crippen LogP contribution in [0.3, 0.4) is 0 Å². The third kappa shape index (κ3) is 0.882. The van der Waals surface area contributed by atoms with Crippen LogP contribution in [-0.4, -0.2) is 16.1 Å². The van der Waals surface area contributed by atoms with Crippen LogP contribution in [0.4, 0.5) is 0 Å². The molecule has 1 aromatic rings. The quantitative estimate of drug-likeness (QED) is 0.683. The number of carbonyl (C=O) groups excluding carboxylic acids is 1. The first-order valence-corrected chi connectivity index (χ1v) is 4.96. The summed E-state index contributed by atoms with van der Waals surface area (Å²) in [4.78, 5) is 11.1. The maximum atomic E-state index is 11.1. The fourth-order valence-electron chi connectivity index (χ4n) is 2.66. The second-order valence-corrected chi connectivity index (χ2v) is 4.83. The van der Waals surface area contributed by atoms with E-state index in [-0.39, 0.29) is 0 Å². The van der Waals surface area contributed by atoms with E-state index in [0.717, 1.165) is 30.0 Å². The first kappa shape index (κ1) is 8.03. The molecule has 0 radical (unpaired) electrons. The zero-order chi connectivity index (χ0) is 9.92. The van der Waals surface area contributed by atoms with Crippen LogP contribution in [0.25, 0.3) is 0 Å². The van der Waals surface area contributed by atoms with Crippen LogP contribution < -0.4 is 5.73 Å². The summed E-state index contributed by atoms with van der Waals surface area (Å²) in [6, 6.07) is 0. The zero-order valence-electron chi connectivity index (χ0n) is 8.13. The van der Waals surface area contributed by atoms with Gasteiger partial charge in [-0.15, -0.1) is 0 Å². The number of aromatic amines is 1. The number of primary amides is 1. The van der Waals surface area contributed by atoms with Crippen molar-refractivity contribution in [3.63, 3.8) is 0 Å². The van der Waals surface area contributed by atoms with Crippen LogP contribution in [0.2, 0.25) is 0 Å². The largest absolute Gasteiger partial charge is 0.364 e. The minimum atomic E-state index is -0.410. The highest BCUT2D eigenvalue weighted by atomic mass is 16.1. The Kier molecular flexibility index (Phi) is 1.25. The molecule has 4 heteroatoms. The molecule has 0 bridgehead atoms. The first-order chi connectivity index (χ1) is 6.60. The van der Waals surface area contributed by atoms with E-state index >= 15 is 0 Å². The third-order valence-corrected chi connectivity index (χ3v) is 3.76. The molecular weight excluding hydrogens is 178 g/mol. The van der Waals surface area contributed by atoms with Crippen LogP contribution in [0.1, 0.15) is 35.1 Å². The molecule has 1 saturated carbocycles. The molecule has 0 spiro atoms. The molecule has 3 N–H and O–H groups in total. The van der Waals surface area contributed by atoms with Gasteiger partial charge in [-0.25, -0.2) is 0 Å². The normalized spacial score (nSPS) is 33.4. The molecule has 1 aromatic heterocycles. The predicted molar refractivity (Wildman–Crippen MR) is 50.7 cm³/mol. The number of hydrogen-bond donors (Lipinski definition) is 2. The number of H-pyrrole nitrogens is 1. The van der Waals surface area contributed by atoms with Crippen molar-refractivity contribution in [1.82, 2.24) is 10.2 Å². The van der Waals surface area contributed by atoms with E-state index in [1.54, 1.807) is 0 Å². The standard InChI is InChI=1S/C10H13N3O/c1-10-3-5(10)2-6-7(4-10)12-13-8(6)9(11)14/h5H,2-4H2,1H3,(H2,11,14)(H,12,13). The number of fused-ring (bicyclic) bond motifs is 2. The summed E-state index contributed by atoms with van der Waals surface area (Å²) in [5, 5.41) is 6.92. The highest BCUT2D eigenvalue weighted by Crippen LogP contribution is 2.59. The molecule has 2 atom stereocenters. The molecule has 1 amide bonds. The molecule has 1 heterocycles. The molecule has 74 valence electrons. The molecular formula is C10H13N3O. The van der Waals surface area contributed by atoms with Crippen LogP contribution in [0, 0.1) is 11.3 Å². The van der Waals surface area contributed by atoms with Crippen molar-refractivity contribution >= 4 is 5.91 Å². The van der Waals surface area contributed by atoms with E-state index in [2.05, 4.69) is 17.1 Å². The Morgan fingerprint density at radius 1 is 1.71 bits per heavy atom. The minimum absolute atomic E-state index is 0.410. The van der Waals surface area contributed by atoms with Gasteiger partial charge in [0.05, 0.1) is 0 Å². The smallest absolute Gasteiger partial charge is 0.269 e. The van der Waals surface area contributed by atoms with Gasteiger partial charge in [-0.05, 0) is 30.6 Å². The van der Waals surface area contributed by atoms with Crippen molar-refractivity contribution in [2.45, 2.75) is 26.2 Å². The number of rotatable bonds is 1. The Morgan fingerprint density at radius 3 is 3.21 bits per heavy atom. The Bertz CT molecular complexity index is 423. The molecule has 2 aliphatic rings. The average Bonchev–Trinajstić information content (AvgIpc) is 2.57. The van der Waals surface area contributed by atoms with E-state index in [0.29, 0.717) is 11.1 Å². The number of aromatic nitrogens is 2. The van der Waals surface area contributed by atoms with E-state index in [1.807, 2.05) is 0 Å². The Morgan fingerprint density at radius 2 is 2.50 bits per heavy atom. The van der Waals surface area contributed by atoms with E-state index in [4.69, 9.17) is 5.73 Å². The van der Waals surface area contributed by atoms with Gasteiger partial charge in [-0.3, -0.25) is 9.89 Å². The number of nitrogens with two attached hydrogens (primary N) is 1. The summed E-state index contributed by atoms with van der Waals surface area (Å²) in [5.41, 5.74) is 8.36. The Labute approximate surface area is 81.9 Å². The number of nitrogens with one attached hydrogen (secondary N) is 1. The van der Waals surface area contributed by atoms with Crippen LogP contribution in [0.15, 0.2) is 0 Å². The van der Waals surface area contributed by atoms with Gasteiger partial charge in [-0.2, -0.15) is 5.10 Å². The first-order valence-electron chi connectivity index (χ1n) is 4.96. The van der Waals surface area contributed by atoms with Crippen LogP contribution in [0.5, 0.6) is 0 Å². The van der Waals surface area contributed by atoms with Gasteiger partial charge >= 0.3 is 0 Å². The fraction of sp³-hybridized carbons (Fsp3) is 0.600. The molecule has 0 aromatic carbocycles. The maximum absolute atomic E-state index is 11.1. The SMILES string of the molecule is CC12Cc3[nH]nc(C(N)=O)c3CC1C2. The lowest BCUT2D eigenvalue weighted by atomic mass is 9.88. The van der Waals surface area contributed by atoms with Gasteiger partial charge in [0.1, 0.15) is 0 Å². The van der Waals surface area contributed by atoms with Gasteiger partial charge < -0.3 is 5.73 Å². The predicted octanol–water partition coefficient (Wildman–Crippen LogP) is 0.633. The lowest BCUT2D eigenvalue weighted by Gasteiger charge is -2.17. The van der Waals surface area contributed by atoms with E-state index in [1.165, 1.54) is 6.42 Å². The van der Waals surface area contributed by atoms with Crippen molar-refractivity contribution in [3.05, 3.63) is 17.0 Å². The molecule has 2 aliphatic carbocycles. The lowest BCUT2D eigenvalue weighted by Crippen LogP contribution is -2.18. The van der Waals surface area contributed by atoms with E-state index in [9.17, 15) is 4.79 Å². The van der Waals surface area contributed by atoms with Gasteiger partial charge in [-0.1, -0.05) is 6.92 Å². The summed E-state index contributed by atoms with van der Waals surface area (Å²) >= 11 is 0. The molecule has 0 saturated heterocycles. The van der Waals surface area contributed by atoms with Gasteiger partial charge in [0.2, 0.25) is 0 Å². The van der Waals surface area contributed by atoms with Gasteiger partial charge in [0, 0.05) is 11.3 Å². The van der Waals surface area contributed by atoms with Gasteiger partial charge in [0.25, 0.3) is 5.91 Å². The fourth-order valence-corrected chi connectivity index (χ4v) is 2.66. The zero-order valence-corrected chi connectivity index (χ0v) is 8.13. The molecule has 4 nitrogen and oxygen atoms in total.